The zero-order valence-corrected chi connectivity index (χ0v) is 5.75. The van der Waals surface area contributed by atoms with Crippen molar-refractivity contribution < 1.29 is 13.9 Å². The zero-order chi connectivity index (χ0) is 7.72. The Kier molecular flexibility index (Phi) is 1.63. The Labute approximate surface area is 57.1 Å². The van der Waals surface area contributed by atoms with Gasteiger partial charge in [-0.1, -0.05) is 0 Å². The standard InChI is InChI=1S/C6H8O4/c1-3(7)5-4(2)9-6(8)10-5/h3,7H,1-2H3. The minimum Gasteiger partial charge on any atom is -0.396 e. The van der Waals surface area contributed by atoms with Gasteiger partial charge in [0.25, 0.3) is 0 Å². The van der Waals surface area contributed by atoms with Crippen molar-refractivity contribution in [2.75, 3.05) is 0 Å². The molecule has 0 bridgehead atoms. The molecule has 4 nitrogen and oxygen atoms in total. The van der Waals surface area contributed by atoms with Crippen LogP contribution in [-0.4, -0.2) is 5.11 Å². The van der Waals surface area contributed by atoms with Crippen molar-refractivity contribution >= 4 is 0 Å². The summed E-state index contributed by atoms with van der Waals surface area (Å²) in [5.74, 6) is -0.238. The van der Waals surface area contributed by atoms with Crippen LogP contribution < -0.4 is 5.82 Å². The van der Waals surface area contributed by atoms with Crippen LogP contribution in [0.5, 0.6) is 0 Å². The third-order valence-corrected chi connectivity index (χ3v) is 1.16. The molecule has 1 rings (SSSR count). The highest BCUT2D eigenvalue weighted by Crippen LogP contribution is 2.13. The Bertz CT molecular complexity index is 268. The molecule has 0 aliphatic carbocycles. The molecule has 0 amide bonds. The Morgan fingerprint density at radius 1 is 1.50 bits per heavy atom. The van der Waals surface area contributed by atoms with Gasteiger partial charge in [0.15, 0.2) is 5.76 Å². The van der Waals surface area contributed by atoms with Crippen molar-refractivity contribution in [3.63, 3.8) is 0 Å². The molecule has 0 saturated heterocycles. The summed E-state index contributed by atoms with van der Waals surface area (Å²) in [5.41, 5.74) is 0. The van der Waals surface area contributed by atoms with E-state index in [1.54, 1.807) is 6.92 Å². The highest BCUT2D eigenvalue weighted by atomic mass is 16.6. The lowest BCUT2D eigenvalue weighted by Gasteiger charge is -1.95. The summed E-state index contributed by atoms with van der Waals surface area (Å²) in [6.45, 7) is 3.06. The number of hydrogen-bond acceptors (Lipinski definition) is 4. The molecule has 56 valence electrons. The maximum atomic E-state index is 10.4. The second-order valence-corrected chi connectivity index (χ2v) is 2.05. The first-order chi connectivity index (χ1) is 4.61. The van der Waals surface area contributed by atoms with E-state index in [9.17, 15) is 4.79 Å². The molecule has 0 saturated carbocycles. The summed E-state index contributed by atoms with van der Waals surface area (Å²) in [6, 6.07) is 0. The fourth-order valence-corrected chi connectivity index (χ4v) is 0.737. The predicted octanol–water partition coefficient (Wildman–Crippen LogP) is 0.595. The molecule has 1 N–H and O–H groups in total. The molecule has 1 heterocycles. The molecule has 0 radical (unpaired) electrons. The summed E-state index contributed by atoms with van der Waals surface area (Å²) in [5, 5.41) is 8.93. The van der Waals surface area contributed by atoms with Crippen LogP contribution in [0.4, 0.5) is 0 Å². The van der Waals surface area contributed by atoms with Crippen LogP contribution in [0.25, 0.3) is 0 Å². The van der Waals surface area contributed by atoms with Crippen molar-refractivity contribution in [1.82, 2.24) is 0 Å². The monoisotopic (exact) mass is 144 g/mol. The zero-order valence-electron chi connectivity index (χ0n) is 5.75. The van der Waals surface area contributed by atoms with E-state index in [1.807, 2.05) is 0 Å². The minimum absolute atomic E-state index is 0.199. The summed E-state index contributed by atoms with van der Waals surface area (Å²) in [7, 11) is 0. The van der Waals surface area contributed by atoms with Gasteiger partial charge in [-0.3, -0.25) is 0 Å². The SMILES string of the molecule is Cc1oc(=O)oc1C(C)O. The van der Waals surface area contributed by atoms with E-state index in [0.29, 0.717) is 5.76 Å². The lowest BCUT2D eigenvalue weighted by Crippen LogP contribution is -1.91. The van der Waals surface area contributed by atoms with E-state index in [1.165, 1.54) is 6.92 Å². The average Bonchev–Trinajstić information content (AvgIpc) is 2.10. The van der Waals surface area contributed by atoms with E-state index in [-0.39, 0.29) is 5.76 Å². The van der Waals surface area contributed by atoms with E-state index < -0.39 is 11.9 Å². The molecule has 0 spiro atoms. The summed E-state index contributed by atoms with van der Waals surface area (Å²) < 4.78 is 9.00. The maximum absolute atomic E-state index is 10.4. The van der Waals surface area contributed by atoms with Crippen LogP contribution in [0.15, 0.2) is 13.6 Å². The number of aliphatic hydroxyl groups is 1. The quantitative estimate of drug-likeness (QED) is 0.626. The highest BCUT2D eigenvalue weighted by Gasteiger charge is 2.12. The first kappa shape index (κ1) is 7.08. The molecule has 0 fully saturated rings. The van der Waals surface area contributed by atoms with Crippen LogP contribution in [0.2, 0.25) is 0 Å². The largest absolute Gasteiger partial charge is 0.519 e. The van der Waals surface area contributed by atoms with Crippen molar-refractivity contribution in [3.05, 3.63) is 22.1 Å². The van der Waals surface area contributed by atoms with Crippen LogP contribution in [0.3, 0.4) is 0 Å². The summed E-state index contributed by atoms with van der Waals surface area (Å²) in [6.07, 6.45) is -0.786. The smallest absolute Gasteiger partial charge is 0.396 e. The third-order valence-electron chi connectivity index (χ3n) is 1.16. The summed E-state index contributed by atoms with van der Waals surface area (Å²) in [4.78, 5) is 10.4. The van der Waals surface area contributed by atoms with E-state index in [4.69, 9.17) is 5.11 Å². The molecular formula is C6H8O4. The Balaban J connectivity index is 3.15. The molecular weight excluding hydrogens is 136 g/mol. The normalized spacial score (nSPS) is 13.5. The van der Waals surface area contributed by atoms with Crippen molar-refractivity contribution in [2.24, 2.45) is 0 Å². The molecule has 1 atom stereocenters. The second-order valence-electron chi connectivity index (χ2n) is 2.05. The lowest BCUT2D eigenvalue weighted by atomic mass is 10.3. The molecule has 1 aromatic heterocycles. The number of aryl methyl sites for hydroxylation is 1. The Hall–Kier alpha value is -1.03. The molecule has 0 aliphatic rings. The van der Waals surface area contributed by atoms with Gasteiger partial charge in [0.2, 0.25) is 0 Å². The van der Waals surface area contributed by atoms with Gasteiger partial charge in [-0.2, -0.15) is 0 Å². The minimum atomic E-state index is -0.786. The number of aliphatic hydroxyl groups excluding tert-OH is 1. The van der Waals surface area contributed by atoms with E-state index in [2.05, 4.69) is 8.83 Å². The van der Waals surface area contributed by atoms with Gasteiger partial charge in [-0.25, -0.2) is 4.79 Å². The van der Waals surface area contributed by atoms with Gasteiger partial charge in [0.05, 0.1) is 0 Å². The predicted molar refractivity (Wildman–Crippen MR) is 32.6 cm³/mol. The highest BCUT2D eigenvalue weighted by molar-refractivity contribution is 5.02. The van der Waals surface area contributed by atoms with Crippen molar-refractivity contribution in [2.45, 2.75) is 20.0 Å². The molecule has 1 unspecified atom stereocenters. The molecule has 10 heavy (non-hydrogen) atoms. The van der Waals surface area contributed by atoms with E-state index >= 15 is 0 Å². The van der Waals surface area contributed by atoms with Crippen LogP contribution in [0, 0.1) is 6.92 Å². The molecule has 0 aliphatic heterocycles. The van der Waals surface area contributed by atoms with Gasteiger partial charge >= 0.3 is 5.82 Å². The maximum Gasteiger partial charge on any atom is 0.519 e. The van der Waals surface area contributed by atoms with Crippen LogP contribution in [0.1, 0.15) is 24.5 Å². The molecule has 0 aromatic carbocycles. The lowest BCUT2D eigenvalue weighted by molar-refractivity contribution is 0.166. The fraction of sp³-hybridized carbons (Fsp3) is 0.500. The Morgan fingerprint density at radius 3 is 2.30 bits per heavy atom. The topological polar surface area (TPSA) is 63.6 Å². The molecule has 1 aromatic rings. The van der Waals surface area contributed by atoms with Crippen molar-refractivity contribution in [3.8, 4) is 0 Å². The Morgan fingerprint density at radius 2 is 2.10 bits per heavy atom. The number of rotatable bonds is 1. The second kappa shape index (κ2) is 2.30. The molecule has 4 heteroatoms. The summed E-state index contributed by atoms with van der Waals surface area (Å²) >= 11 is 0. The van der Waals surface area contributed by atoms with Gasteiger partial charge in [0, 0.05) is 0 Å². The van der Waals surface area contributed by atoms with Gasteiger partial charge in [-0.05, 0) is 13.8 Å². The first-order valence-electron chi connectivity index (χ1n) is 2.89. The van der Waals surface area contributed by atoms with E-state index in [0.717, 1.165) is 0 Å². The fourth-order valence-electron chi connectivity index (χ4n) is 0.737. The van der Waals surface area contributed by atoms with Crippen LogP contribution in [-0.2, 0) is 0 Å². The van der Waals surface area contributed by atoms with Crippen LogP contribution >= 0.6 is 0 Å². The van der Waals surface area contributed by atoms with Gasteiger partial charge in [-0.15, -0.1) is 0 Å². The average molecular weight is 144 g/mol. The first-order valence-corrected chi connectivity index (χ1v) is 2.89. The number of hydrogen-bond donors (Lipinski definition) is 1. The van der Waals surface area contributed by atoms with Gasteiger partial charge in [0.1, 0.15) is 11.9 Å². The van der Waals surface area contributed by atoms with Crippen molar-refractivity contribution in [1.29, 1.82) is 0 Å². The van der Waals surface area contributed by atoms with Gasteiger partial charge < -0.3 is 13.9 Å². The third kappa shape index (κ3) is 1.11.